The summed E-state index contributed by atoms with van der Waals surface area (Å²) in [5, 5.41) is 0. The molecule has 6 nitrogen and oxygen atoms in total. The predicted molar refractivity (Wildman–Crippen MR) is 80.0 cm³/mol. The molecule has 0 amide bonds. The summed E-state index contributed by atoms with van der Waals surface area (Å²) < 4.78 is 21.6. The quantitative estimate of drug-likeness (QED) is 0.734. The van der Waals surface area contributed by atoms with Crippen molar-refractivity contribution in [3.05, 3.63) is 34.3 Å². The Hall–Kier alpha value is -1.44. The largest absolute Gasteiger partial charge is 0.467 e. The molecule has 22 heavy (non-hydrogen) atoms. The lowest BCUT2D eigenvalue weighted by molar-refractivity contribution is -0.161. The van der Waals surface area contributed by atoms with Gasteiger partial charge in [-0.1, -0.05) is 34.1 Å². The van der Waals surface area contributed by atoms with Gasteiger partial charge in [-0.15, -0.1) is 0 Å². The minimum Gasteiger partial charge on any atom is -0.467 e. The molecule has 0 bridgehead atoms. The normalized spacial score (nSPS) is 24.0. The number of esters is 2. The number of hydrogen-bond donors (Lipinski definition) is 0. The van der Waals surface area contributed by atoms with Crippen LogP contribution in [-0.2, 0) is 35.0 Å². The molecule has 0 saturated carbocycles. The first-order chi connectivity index (χ1) is 10.6. The van der Waals surface area contributed by atoms with Crippen molar-refractivity contribution in [2.45, 2.75) is 31.8 Å². The summed E-state index contributed by atoms with van der Waals surface area (Å²) in [5.41, 5.74) is 0.945. The van der Waals surface area contributed by atoms with Crippen LogP contribution in [0.15, 0.2) is 28.7 Å². The molecule has 0 aliphatic carbocycles. The van der Waals surface area contributed by atoms with Gasteiger partial charge in [0, 0.05) is 10.9 Å². The first-order valence-electron chi connectivity index (χ1n) is 6.85. The fourth-order valence-corrected chi connectivity index (χ4v) is 2.59. The molecule has 1 heterocycles. The van der Waals surface area contributed by atoms with Crippen LogP contribution in [0.2, 0.25) is 0 Å². The van der Waals surface area contributed by atoms with Crippen molar-refractivity contribution in [2.75, 3.05) is 13.7 Å². The molecule has 1 fully saturated rings. The third-order valence-corrected chi connectivity index (χ3v) is 3.94. The van der Waals surface area contributed by atoms with E-state index in [0.717, 1.165) is 10.0 Å². The number of benzene rings is 1. The van der Waals surface area contributed by atoms with Crippen LogP contribution in [0.4, 0.5) is 0 Å². The first kappa shape index (κ1) is 16.9. The van der Waals surface area contributed by atoms with E-state index in [2.05, 4.69) is 20.7 Å². The number of carbonyl (C=O) groups is 2. The van der Waals surface area contributed by atoms with E-state index in [4.69, 9.17) is 14.2 Å². The van der Waals surface area contributed by atoms with Crippen LogP contribution in [0.25, 0.3) is 0 Å². The molecule has 1 aromatic carbocycles. The Balaban J connectivity index is 2.10. The summed E-state index contributed by atoms with van der Waals surface area (Å²) in [6, 6.07) is 7.57. The zero-order valence-electron chi connectivity index (χ0n) is 12.3. The first-order valence-corrected chi connectivity index (χ1v) is 7.65. The molecule has 0 aromatic heterocycles. The zero-order valence-corrected chi connectivity index (χ0v) is 13.9. The van der Waals surface area contributed by atoms with Gasteiger partial charge in [0.1, 0.15) is 0 Å². The second-order valence-corrected chi connectivity index (χ2v) is 5.47. The lowest BCUT2D eigenvalue weighted by Gasteiger charge is -2.12. The summed E-state index contributed by atoms with van der Waals surface area (Å²) in [6.45, 7) is 1.88. The topological polar surface area (TPSA) is 71.1 Å². The van der Waals surface area contributed by atoms with E-state index in [0.29, 0.717) is 6.42 Å². The van der Waals surface area contributed by atoms with E-state index in [1.165, 1.54) is 7.11 Å². The maximum atomic E-state index is 11.9. The molecule has 120 valence electrons. The summed E-state index contributed by atoms with van der Waals surface area (Å²) >= 11 is 3.44. The van der Waals surface area contributed by atoms with Crippen LogP contribution in [0.3, 0.4) is 0 Å². The van der Waals surface area contributed by atoms with Gasteiger partial charge < -0.3 is 18.9 Å². The van der Waals surface area contributed by atoms with Crippen LogP contribution in [0.5, 0.6) is 0 Å². The maximum Gasteiger partial charge on any atom is 0.338 e. The molecule has 0 N–H and O–H groups in total. The Morgan fingerprint density at radius 1 is 1.18 bits per heavy atom. The molecule has 1 saturated heterocycles. The fraction of sp³-hybridized carbons (Fsp3) is 0.467. The number of carbonyl (C=O) groups excluding carboxylic acids is 2. The van der Waals surface area contributed by atoms with E-state index in [9.17, 15) is 9.59 Å². The number of hydrogen-bond acceptors (Lipinski definition) is 6. The van der Waals surface area contributed by atoms with E-state index in [1.807, 2.05) is 24.3 Å². The molecule has 1 aliphatic rings. The Kier molecular flexibility index (Phi) is 5.93. The molecule has 3 atom stereocenters. The van der Waals surface area contributed by atoms with Gasteiger partial charge in [-0.3, -0.25) is 0 Å². The summed E-state index contributed by atoms with van der Waals surface area (Å²) in [7, 11) is 1.23. The minimum atomic E-state index is -1.11. The summed E-state index contributed by atoms with van der Waals surface area (Å²) in [6.07, 6.45) is -2.56. The highest BCUT2D eigenvalue weighted by atomic mass is 79.9. The molecule has 0 radical (unpaired) electrons. The van der Waals surface area contributed by atoms with Crippen LogP contribution in [-0.4, -0.2) is 44.2 Å². The average Bonchev–Trinajstić information content (AvgIpc) is 2.93. The average molecular weight is 373 g/mol. The van der Waals surface area contributed by atoms with Crippen molar-refractivity contribution in [3.63, 3.8) is 0 Å². The molecule has 0 spiro atoms. The summed E-state index contributed by atoms with van der Waals surface area (Å²) in [5.74, 6) is -1.29. The van der Waals surface area contributed by atoms with Gasteiger partial charge in [0.05, 0.1) is 13.7 Å². The molecule has 7 heteroatoms. The van der Waals surface area contributed by atoms with Crippen LogP contribution in [0, 0.1) is 0 Å². The highest BCUT2D eigenvalue weighted by molar-refractivity contribution is 9.10. The van der Waals surface area contributed by atoms with Gasteiger partial charge in [-0.2, -0.15) is 0 Å². The van der Waals surface area contributed by atoms with Crippen molar-refractivity contribution in [1.82, 2.24) is 0 Å². The van der Waals surface area contributed by atoms with E-state index >= 15 is 0 Å². The SMILES string of the molecule is CCOC(=O)[C@@H]1OC(Cc2ccccc2Br)O[C@H]1C(=O)OC. The van der Waals surface area contributed by atoms with E-state index in [-0.39, 0.29) is 6.61 Å². The van der Waals surface area contributed by atoms with Crippen molar-refractivity contribution in [2.24, 2.45) is 0 Å². The van der Waals surface area contributed by atoms with Crippen molar-refractivity contribution >= 4 is 27.9 Å². The van der Waals surface area contributed by atoms with Crippen LogP contribution >= 0.6 is 15.9 Å². The molecule has 1 unspecified atom stereocenters. The molecule has 1 aliphatic heterocycles. The lowest BCUT2D eigenvalue weighted by Crippen LogP contribution is -2.39. The third-order valence-electron chi connectivity index (χ3n) is 3.17. The second kappa shape index (κ2) is 7.71. The molecule has 1 aromatic rings. The van der Waals surface area contributed by atoms with Crippen molar-refractivity contribution in [1.29, 1.82) is 0 Å². The minimum absolute atomic E-state index is 0.196. The van der Waals surface area contributed by atoms with Gasteiger partial charge in [-0.05, 0) is 18.6 Å². The van der Waals surface area contributed by atoms with Crippen LogP contribution < -0.4 is 0 Å². The standard InChI is InChI=1S/C15H17BrO6/c1-3-20-15(18)13-12(14(17)19-2)21-11(22-13)8-9-6-4-5-7-10(9)16/h4-7,11-13H,3,8H2,1-2H3/t11?,12-,13-/m1/s1. The highest BCUT2D eigenvalue weighted by Crippen LogP contribution is 2.26. The third kappa shape index (κ3) is 3.85. The Morgan fingerprint density at radius 2 is 1.82 bits per heavy atom. The Morgan fingerprint density at radius 3 is 2.41 bits per heavy atom. The zero-order chi connectivity index (χ0) is 16.1. The molecular formula is C15H17BrO6. The van der Waals surface area contributed by atoms with Gasteiger partial charge in [0.15, 0.2) is 18.5 Å². The Bertz CT molecular complexity index is 547. The fourth-order valence-electron chi connectivity index (χ4n) is 2.14. The lowest BCUT2D eigenvalue weighted by atomic mass is 10.1. The highest BCUT2D eigenvalue weighted by Gasteiger charge is 2.46. The monoisotopic (exact) mass is 372 g/mol. The smallest absolute Gasteiger partial charge is 0.338 e. The van der Waals surface area contributed by atoms with E-state index in [1.54, 1.807) is 6.92 Å². The molecule has 2 rings (SSSR count). The Labute approximate surface area is 136 Å². The predicted octanol–water partition coefficient (Wildman–Crippen LogP) is 1.84. The van der Waals surface area contributed by atoms with Gasteiger partial charge in [-0.25, -0.2) is 9.59 Å². The molecular weight excluding hydrogens is 356 g/mol. The number of methoxy groups -OCH3 is 1. The number of ether oxygens (including phenoxy) is 4. The van der Waals surface area contributed by atoms with Gasteiger partial charge in [0.25, 0.3) is 0 Å². The van der Waals surface area contributed by atoms with Crippen molar-refractivity contribution in [3.8, 4) is 0 Å². The maximum absolute atomic E-state index is 11.9. The van der Waals surface area contributed by atoms with E-state index < -0.39 is 30.4 Å². The number of rotatable bonds is 5. The summed E-state index contributed by atoms with van der Waals surface area (Å²) in [4.78, 5) is 23.7. The second-order valence-electron chi connectivity index (χ2n) is 4.61. The van der Waals surface area contributed by atoms with Crippen molar-refractivity contribution < 1.29 is 28.5 Å². The van der Waals surface area contributed by atoms with Gasteiger partial charge >= 0.3 is 11.9 Å². The van der Waals surface area contributed by atoms with Crippen LogP contribution in [0.1, 0.15) is 12.5 Å². The van der Waals surface area contributed by atoms with Gasteiger partial charge in [0.2, 0.25) is 0 Å². The number of halogens is 1.